The van der Waals surface area contributed by atoms with E-state index in [1.165, 1.54) is 472 Å². The van der Waals surface area contributed by atoms with Crippen molar-refractivity contribution in [3.8, 4) is 77.9 Å². The van der Waals surface area contributed by atoms with Gasteiger partial charge in [0.05, 0.1) is 0 Å². The number of nitrogens with zero attached hydrogens (tertiary/aromatic N) is 2. The molecule has 4 aliphatic carbocycles. The van der Waals surface area contributed by atoms with Gasteiger partial charge in [0, 0.05) is 55.8 Å². The van der Waals surface area contributed by atoms with Crippen LogP contribution in [0.4, 0.5) is 34.1 Å². The molecule has 0 saturated heterocycles. The Balaban J connectivity index is 0.814. The first-order chi connectivity index (χ1) is 70.1. The van der Waals surface area contributed by atoms with E-state index < -0.39 is 0 Å². The van der Waals surface area contributed by atoms with Gasteiger partial charge in [0.1, 0.15) is 0 Å². The lowest BCUT2D eigenvalue weighted by Crippen LogP contribution is -2.26. The number of para-hydroxylation sites is 4. The topological polar surface area (TPSA) is 6.48 Å². The molecule has 142 heavy (non-hydrogen) atoms. The third-order valence-electron chi connectivity index (χ3n) is 34.6. The van der Waals surface area contributed by atoms with Gasteiger partial charge in [-0.1, -0.05) is 521 Å². The minimum Gasteiger partial charge on any atom is -0.310 e. The summed E-state index contributed by atoms with van der Waals surface area (Å²) in [5.41, 5.74) is 39.7. The molecule has 0 aromatic heterocycles. The number of hydrogen-bond donors (Lipinski definition) is 0. The molecule has 2 nitrogen and oxygen atoms in total. The molecule has 0 bridgehead atoms. The fraction of sp³-hybridized carbons (Fsp3) is 0.486. The first kappa shape index (κ1) is 105. The second kappa shape index (κ2) is 53.4. The van der Waals surface area contributed by atoms with Gasteiger partial charge in [0.15, 0.2) is 0 Å². The van der Waals surface area contributed by atoms with E-state index in [0.717, 1.165) is 0 Å². The highest BCUT2D eigenvalue weighted by atomic mass is 15.1. The van der Waals surface area contributed by atoms with E-state index in [2.05, 4.69) is 332 Å². The van der Waals surface area contributed by atoms with Crippen molar-refractivity contribution in [2.24, 2.45) is 0 Å². The summed E-state index contributed by atoms with van der Waals surface area (Å²) in [5, 5.41) is 0. The Morgan fingerprint density at radius 2 is 0.275 bits per heavy atom. The van der Waals surface area contributed by atoms with E-state index in [4.69, 9.17) is 0 Å². The van der Waals surface area contributed by atoms with E-state index in [1.54, 1.807) is 44.5 Å². The molecule has 0 fully saturated rings. The predicted octanol–water partition coefficient (Wildman–Crippen LogP) is 44.7. The van der Waals surface area contributed by atoms with E-state index in [0.29, 0.717) is 0 Å². The molecule has 0 atom stereocenters. The van der Waals surface area contributed by atoms with Crippen LogP contribution in [0, 0.1) is 0 Å². The molecule has 0 amide bonds. The normalized spacial score (nSPS) is 13.9. The zero-order chi connectivity index (χ0) is 98.0. The Labute approximate surface area is 863 Å². The average Bonchev–Trinajstić information content (AvgIpc) is 1.56. The Bertz CT molecular complexity index is 5340. The van der Waals surface area contributed by atoms with Crippen LogP contribution in [0.2, 0.25) is 0 Å². The fourth-order valence-electron chi connectivity index (χ4n) is 26.8. The zero-order valence-corrected chi connectivity index (χ0v) is 89.9. The summed E-state index contributed by atoms with van der Waals surface area (Å²) in [6.45, 7) is 19.0. The number of hydrogen-bond acceptors (Lipinski definition) is 2. The standard InChI is InChI=1S/C140H180N2/c1-9-17-25-33-41-61-93-137(94-62-42-34-26-18-10-2)129-101-109(77-85-121(129)123-87-79-111(103-131(123)137)113-81-89-125-127-91-83-119(141(115-69-53-49-54-70-115)116-71-55-50-56-72-116)107-135(127)139(133(125)105-113,97-65-45-37-29-21-13-5)98-66-46-38-30-22-14-6)110-78-86-122-124-88-80-112(104-132(124)138(130(122)102-110,95-63-43-35-27-19-11-3)96-64-44-36-28-20-12-4)114-82-90-126-128-92-84-120(142(117-73-57-51-58-74-117)118-75-59-52-60-76-118)108-136(128)140(134(126)106-114,99-67-47-39-31-23-15-7)100-68-48-40-32-24-16-8/h49-60,69-92,101-108H,9-48,61-68,93-100H2,1-8H3. The number of benzene rings is 12. The van der Waals surface area contributed by atoms with Crippen LogP contribution >= 0.6 is 0 Å². The molecular formula is C140H180N2. The third kappa shape index (κ3) is 24.5. The van der Waals surface area contributed by atoms with Crippen LogP contribution in [-0.2, 0) is 21.7 Å². The van der Waals surface area contributed by atoms with Crippen LogP contribution in [0.25, 0.3) is 77.9 Å². The molecule has 4 aliphatic rings. The lowest BCUT2D eigenvalue weighted by atomic mass is 9.69. The second-order valence-electron chi connectivity index (χ2n) is 44.5. The molecule has 12 aromatic rings. The summed E-state index contributed by atoms with van der Waals surface area (Å²) in [5.74, 6) is 0. The Kier molecular flexibility index (Phi) is 39.5. The molecule has 2 heteroatoms. The van der Waals surface area contributed by atoms with Crippen molar-refractivity contribution in [1.82, 2.24) is 0 Å². The largest absolute Gasteiger partial charge is 0.310 e. The highest BCUT2D eigenvalue weighted by Crippen LogP contribution is 2.63. The minimum atomic E-state index is -0.127. The Morgan fingerprint density at radius 1 is 0.134 bits per heavy atom. The smallest absolute Gasteiger partial charge is 0.0465 e. The van der Waals surface area contributed by atoms with Crippen LogP contribution in [0.3, 0.4) is 0 Å². The number of rotatable bonds is 65. The van der Waals surface area contributed by atoms with E-state index in [9.17, 15) is 0 Å². The molecule has 0 aliphatic heterocycles. The summed E-state index contributed by atoms with van der Waals surface area (Å²) in [7, 11) is 0. The molecular weight excluding hydrogens is 1710 g/mol. The van der Waals surface area contributed by atoms with E-state index in [-0.39, 0.29) is 21.7 Å². The van der Waals surface area contributed by atoms with Crippen LogP contribution in [0.15, 0.2) is 267 Å². The number of anilines is 6. The second-order valence-corrected chi connectivity index (χ2v) is 44.5. The van der Waals surface area contributed by atoms with Gasteiger partial charge >= 0.3 is 0 Å². The molecule has 0 saturated carbocycles. The fourth-order valence-corrected chi connectivity index (χ4v) is 26.8. The summed E-state index contributed by atoms with van der Waals surface area (Å²) >= 11 is 0. The van der Waals surface area contributed by atoms with Gasteiger partial charge in [0.25, 0.3) is 0 Å². The van der Waals surface area contributed by atoms with Gasteiger partial charge in [-0.3, -0.25) is 0 Å². The van der Waals surface area contributed by atoms with Crippen molar-refractivity contribution in [1.29, 1.82) is 0 Å². The highest BCUT2D eigenvalue weighted by molar-refractivity contribution is 5.93. The zero-order valence-electron chi connectivity index (χ0n) is 89.9. The quantitative estimate of drug-likeness (QED) is 0.0351. The minimum absolute atomic E-state index is 0.119. The maximum Gasteiger partial charge on any atom is 0.0465 e. The summed E-state index contributed by atoms with van der Waals surface area (Å²) in [4.78, 5) is 5.04. The van der Waals surface area contributed by atoms with Crippen LogP contribution in [0.1, 0.15) is 459 Å². The lowest BCUT2D eigenvalue weighted by Gasteiger charge is -2.35. The Morgan fingerprint density at radius 3 is 0.437 bits per heavy atom. The third-order valence-corrected chi connectivity index (χ3v) is 34.6. The van der Waals surface area contributed by atoms with Gasteiger partial charge < -0.3 is 9.80 Å². The summed E-state index contributed by atoms with van der Waals surface area (Å²) in [6.07, 6.45) is 71.8. The summed E-state index contributed by atoms with van der Waals surface area (Å²) in [6, 6.07) is 108. The van der Waals surface area contributed by atoms with Crippen molar-refractivity contribution < 1.29 is 0 Å². The number of unbranched alkanes of at least 4 members (excludes halogenated alkanes) is 40. The predicted molar refractivity (Wildman–Crippen MR) is 621 cm³/mol. The van der Waals surface area contributed by atoms with Gasteiger partial charge in [-0.25, -0.2) is 0 Å². The monoisotopic (exact) mass is 1890 g/mol. The maximum absolute atomic E-state index is 2.82. The highest BCUT2D eigenvalue weighted by Gasteiger charge is 2.49. The van der Waals surface area contributed by atoms with Crippen LogP contribution in [0.5, 0.6) is 0 Å². The molecule has 0 spiro atoms. The molecule has 750 valence electrons. The molecule has 0 unspecified atom stereocenters. The SMILES string of the molecule is CCCCCCCCC1(CCCCCCCC)c2cc(-c3ccc4c(c3)C(CCCCCCCC)(CCCCCCCC)c3cc(-c5ccc6c(c5)C(CCCCCCCC)(CCCCCCCC)c5cc(N(c7ccccc7)c7ccccc7)ccc5-6)ccc3-4)ccc2-c2ccc(-c3ccc4c(c3)C(CCCCCCCC)(CCCCCCCC)c3cc(N(c5ccccc5)c5ccccc5)ccc3-4)cc21. The maximum atomic E-state index is 2.82. The lowest BCUT2D eigenvalue weighted by molar-refractivity contribution is 0.397. The number of fused-ring (bicyclic) bond motifs is 12. The molecule has 16 rings (SSSR count). The van der Waals surface area contributed by atoms with Crippen molar-refractivity contribution in [3.63, 3.8) is 0 Å². The molecule has 0 heterocycles. The first-order valence-electron chi connectivity index (χ1n) is 59.1. The molecule has 0 N–H and O–H groups in total. The Hall–Kier alpha value is -9.76. The van der Waals surface area contributed by atoms with Crippen molar-refractivity contribution in [2.45, 2.75) is 437 Å². The van der Waals surface area contributed by atoms with Crippen molar-refractivity contribution in [2.75, 3.05) is 9.80 Å². The first-order valence-corrected chi connectivity index (χ1v) is 59.1. The van der Waals surface area contributed by atoms with E-state index >= 15 is 0 Å². The van der Waals surface area contributed by atoms with Gasteiger partial charge in [-0.2, -0.15) is 0 Å². The van der Waals surface area contributed by atoms with E-state index in [1.807, 2.05) is 0 Å². The van der Waals surface area contributed by atoms with Crippen LogP contribution in [-0.4, -0.2) is 0 Å². The van der Waals surface area contributed by atoms with Gasteiger partial charge in [-0.15, -0.1) is 0 Å². The van der Waals surface area contributed by atoms with Gasteiger partial charge in [-0.05, 0) is 283 Å². The van der Waals surface area contributed by atoms with Crippen molar-refractivity contribution >= 4 is 34.1 Å². The van der Waals surface area contributed by atoms with Gasteiger partial charge in [0.2, 0.25) is 0 Å². The molecule has 0 radical (unpaired) electrons. The average molecular weight is 1890 g/mol. The van der Waals surface area contributed by atoms with Crippen LogP contribution < -0.4 is 9.80 Å². The molecule has 12 aromatic carbocycles. The summed E-state index contributed by atoms with van der Waals surface area (Å²) < 4.78 is 0. The van der Waals surface area contributed by atoms with Crippen molar-refractivity contribution in [3.05, 3.63) is 311 Å².